The number of nitrogens with zero attached hydrogens (tertiary/aromatic N) is 1. The van der Waals surface area contributed by atoms with Gasteiger partial charge in [-0.05, 0) is 57.0 Å². The minimum atomic E-state index is -0.765. The number of H-pyrrole nitrogens is 1. The zero-order valence-electron chi connectivity index (χ0n) is 18.2. The molecular formula is C26H30N2O3. The summed E-state index contributed by atoms with van der Waals surface area (Å²) < 4.78 is 6.57. The number of benzene rings is 2. The fraction of sp³-hybridized carbons (Fsp3) is 0.423. The van der Waals surface area contributed by atoms with Crippen molar-refractivity contribution in [2.45, 2.75) is 43.2 Å². The van der Waals surface area contributed by atoms with Gasteiger partial charge in [0.15, 0.2) is 0 Å². The topological polar surface area (TPSA) is 65.6 Å². The van der Waals surface area contributed by atoms with E-state index >= 15 is 0 Å². The summed E-state index contributed by atoms with van der Waals surface area (Å²) in [6.45, 7) is 0.630. The fourth-order valence-corrected chi connectivity index (χ4v) is 6.14. The molecule has 0 amide bonds. The Labute approximate surface area is 183 Å². The first kappa shape index (κ1) is 20.3. The van der Waals surface area contributed by atoms with Gasteiger partial charge in [0.1, 0.15) is 5.60 Å². The quantitative estimate of drug-likeness (QED) is 0.646. The number of carboxylic acids is 1. The second kappa shape index (κ2) is 7.50. The van der Waals surface area contributed by atoms with E-state index < -0.39 is 11.6 Å². The Morgan fingerprint density at radius 2 is 1.87 bits per heavy atom. The first-order valence-electron chi connectivity index (χ1n) is 11.1. The zero-order chi connectivity index (χ0) is 21.6. The molecule has 2 aromatic carbocycles. The van der Waals surface area contributed by atoms with Gasteiger partial charge < -0.3 is 14.8 Å². The predicted octanol–water partition coefficient (Wildman–Crippen LogP) is 4.67. The first-order valence-corrected chi connectivity index (χ1v) is 11.1. The van der Waals surface area contributed by atoms with Crippen molar-refractivity contribution in [3.8, 4) is 0 Å². The van der Waals surface area contributed by atoms with Gasteiger partial charge in [0, 0.05) is 22.4 Å². The van der Waals surface area contributed by atoms with Gasteiger partial charge in [-0.25, -0.2) is 0 Å². The first-order chi connectivity index (χ1) is 15.0. The highest BCUT2D eigenvalue weighted by Gasteiger charge is 2.55. The van der Waals surface area contributed by atoms with Crippen LogP contribution in [0.25, 0.3) is 10.9 Å². The highest BCUT2D eigenvalue weighted by molar-refractivity contribution is 5.85. The van der Waals surface area contributed by atoms with E-state index in [1.165, 1.54) is 16.5 Å². The zero-order valence-corrected chi connectivity index (χ0v) is 18.2. The Hall–Kier alpha value is -2.63. The molecule has 1 spiro atoms. The van der Waals surface area contributed by atoms with Crippen LogP contribution in [0.5, 0.6) is 0 Å². The standard InChI is InChI=1S/C26H30N2O3/c1-28(2)25(18-8-4-3-5-9-18)13-14-26(19(17-25)16-23(29)30)24-21(12-15-31-26)20-10-6-7-11-22(20)27-24/h3-11,19,27H,12-17H2,1-2H3,(H,29,30). The molecule has 3 atom stereocenters. The van der Waals surface area contributed by atoms with E-state index in [0.717, 1.165) is 36.9 Å². The minimum Gasteiger partial charge on any atom is -0.481 e. The number of fused-ring (bicyclic) bond motifs is 4. The van der Waals surface area contributed by atoms with Gasteiger partial charge in [-0.3, -0.25) is 9.69 Å². The number of rotatable bonds is 4. The van der Waals surface area contributed by atoms with Crippen LogP contribution in [0, 0.1) is 5.92 Å². The van der Waals surface area contributed by atoms with Gasteiger partial charge in [-0.2, -0.15) is 0 Å². The molecule has 2 heterocycles. The van der Waals surface area contributed by atoms with Crippen molar-refractivity contribution >= 4 is 16.9 Å². The van der Waals surface area contributed by atoms with Gasteiger partial charge in [-0.15, -0.1) is 0 Å². The summed E-state index contributed by atoms with van der Waals surface area (Å²) in [4.78, 5) is 17.9. The van der Waals surface area contributed by atoms with Crippen molar-refractivity contribution in [3.63, 3.8) is 0 Å². The molecule has 0 saturated heterocycles. The van der Waals surface area contributed by atoms with Crippen LogP contribution in [0.1, 0.15) is 42.5 Å². The van der Waals surface area contributed by atoms with Gasteiger partial charge in [0.05, 0.1) is 18.7 Å². The molecule has 1 aliphatic heterocycles. The maximum absolute atomic E-state index is 12.0. The molecule has 162 valence electrons. The molecule has 1 saturated carbocycles. The smallest absolute Gasteiger partial charge is 0.303 e. The molecule has 0 radical (unpaired) electrons. The van der Waals surface area contributed by atoms with Crippen LogP contribution in [0.3, 0.4) is 0 Å². The van der Waals surface area contributed by atoms with E-state index in [9.17, 15) is 9.90 Å². The van der Waals surface area contributed by atoms with Gasteiger partial charge in [-0.1, -0.05) is 48.5 Å². The summed E-state index contributed by atoms with van der Waals surface area (Å²) in [6, 6.07) is 18.9. The van der Waals surface area contributed by atoms with Crippen molar-refractivity contribution in [1.29, 1.82) is 0 Å². The van der Waals surface area contributed by atoms with Crippen LogP contribution in [-0.2, 0) is 27.1 Å². The Morgan fingerprint density at radius 3 is 2.61 bits per heavy atom. The molecule has 5 rings (SSSR count). The molecular weight excluding hydrogens is 388 g/mol. The number of ether oxygens (including phenoxy) is 1. The summed E-state index contributed by atoms with van der Waals surface area (Å²) in [5, 5.41) is 11.1. The number of aliphatic carboxylic acids is 1. The van der Waals surface area contributed by atoms with E-state index in [2.05, 4.69) is 66.4 Å². The van der Waals surface area contributed by atoms with E-state index in [1.54, 1.807) is 0 Å². The summed E-state index contributed by atoms with van der Waals surface area (Å²) >= 11 is 0. The van der Waals surface area contributed by atoms with E-state index in [-0.39, 0.29) is 17.9 Å². The number of aromatic nitrogens is 1. The van der Waals surface area contributed by atoms with Gasteiger partial charge in [0.2, 0.25) is 0 Å². The van der Waals surface area contributed by atoms with E-state index in [4.69, 9.17) is 4.74 Å². The van der Waals surface area contributed by atoms with Crippen molar-refractivity contribution in [1.82, 2.24) is 9.88 Å². The summed E-state index contributed by atoms with van der Waals surface area (Å²) in [6.07, 6.45) is 3.40. The predicted molar refractivity (Wildman–Crippen MR) is 121 cm³/mol. The maximum atomic E-state index is 12.0. The molecule has 0 bridgehead atoms. The lowest BCUT2D eigenvalue weighted by atomic mass is 9.61. The van der Waals surface area contributed by atoms with Crippen LogP contribution in [0.2, 0.25) is 0 Å². The number of nitrogens with one attached hydrogen (secondary N) is 1. The number of carboxylic acid groups (broad SMARTS) is 1. The Bertz CT molecular complexity index is 1110. The summed E-state index contributed by atoms with van der Waals surface area (Å²) in [5.41, 5.74) is 3.97. The van der Waals surface area contributed by atoms with Crippen molar-refractivity contribution < 1.29 is 14.6 Å². The summed E-state index contributed by atoms with van der Waals surface area (Å²) in [5.74, 6) is -0.896. The van der Waals surface area contributed by atoms with E-state index in [1.807, 2.05) is 12.1 Å². The Morgan fingerprint density at radius 1 is 1.13 bits per heavy atom. The van der Waals surface area contributed by atoms with Gasteiger partial charge >= 0.3 is 5.97 Å². The monoisotopic (exact) mass is 418 g/mol. The normalized spacial score (nSPS) is 28.2. The third kappa shape index (κ3) is 3.10. The lowest BCUT2D eigenvalue weighted by Gasteiger charge is -2.54. The molecule has 1 fully saturated rings. The van der Waals surface area contributed by atoms with Crippen LogP contribution in [0.15, 0.2) is 54.6 Å². The highest BCUT2D eigenvalue weighted by Crippen LogP contribution is 2.56. The van der Waals surface area contributed by atoms with Crippen LogP contribution < -0.4 is 0 Å². The highest BCUT2D eigenvalue weighted by atomic mass is 16.5. The molecule has 2 aliphatic rings. The lowest BCUT2D eigenvalue weighted by molar-refractivity contribution is -0.166. The van der Waals surface area contributed by atoms with Gasteiger partial charge in [0.25, 0.3) is 0 Å². The molecule has 1 aliphatic carbocycles. The molecule has 5 nitrogen and oxygen atoms in total. The van der Waals surface area contributed by atoms with Crippen LogP contribution in [0.4, 0.5) is 0 Å². The second-order valence-corrected chi connectivity index (χ2v) is 9.30. The third-order valence-electron chi connectivity index (χ3n) is 7.69. The molecule has 1 aromatic heterocycles. The minimum absolute atomic E-state index is 0.0945. The second-order valence-electron chi connectivity index (χ2n) is 9.30. The average molecular weight is 419 g/mol. The fourth-order valence-electron chi connectivity index (χ4n) is 6.14. The largest absolute Gasteiger partial charge is 0.481 e. The van der Waals surface area contributed by atoms with Crippen molar-refractivity contribution in [2.24, 2.45) is 5.92 Å². The summed E-state index contributed by atoms with van der Waals surface area (Å²) in [7, 11) is 4.22. The number of hydrogen-bond donors (Lipinski definition) is 2. The number of carbonyl (C=O) groups is 1. The lowest BCUT2D eigenvalue weighted by Crippen LogP contribution is -2.55. The molecule has 5 heteroatoms. The third-order valence-corrected chi connectivity index (χ3v) is 7.69. The number of aromatic amines is 1. The van der Waals surface area contributed by atoms with E-state index in [0.29, 0.717) is 6.61 Å². The average Bonchev–Trinajstić information content (AvgIpc) is 3.16. The Balaban J connectivity index is 1.64. The number of hydrogen-bond acceptors (Lipinski definition) is 3. The molecule has 3 aromatic rings. The van der Waals surface area contributed by atoms with Crippen molar-refractivity contribution in [3.05, 3.63) is 71.4 Å². The van der Waals surface area contributed by atoms with Crippen LogP contribution in [-0.4, -0.2) is 41.7 Å². The SMILES string of the molecule is CN(C)C1(c2ccccc2)CCC2(OCCc3c2[nH]c2ccccc32)C(CC(=O)O)C1. The van der Waals surface area contributed by atoms with Crippen molar-refractivity contribution in [2.75, 3.05) is 20.7 Å². The maximum Gasteiger partial charge on any atom is 0.303 e. The molecule has 31 heavy (non-hydrogen) atoms. The number of para-hydroxylation sites is 1. The van der Waals surface area contributed by atoms with Crippen LogP contribution >= 0.6 is 0 Å². The Kier molecular flexibility index (Phi) is 4.91. The molecule has 2 N–H and O–H groups in total. The molecule has 3 unspecified atom stereocenters.